The normalized spacial score (nSPS) is 10.3. The standard InChI is InChI=1S/C21H18BrN3O2/c1-3-27-20-9-8-13(22)10-16(20)15-11-18(25-21(24)17(15)12-23)14-6-4-5-7-19(14)26-2/h4-11H,3H2,1-2H3,(H2,24,25). The molecule has 0 radical (unpaired) electrons. The average molecular weight is 424 g/mol. The monoisotopic (exact) mass is 423 g/mol. The fourth-order valence-corrected chi connectivity index (χ4v) is 3.24. The van der Waals surface area contributed by atoms with Crippen molar-refractivity contribution in [2.45, 2.75) is 6.92 Å². The number of anilines is 1. The van der Waals surface area contributed by atoms with E-state index in [-0.39, 0.29) is 5.82 Å². The Kier molecular flexibility index (Phi) is 5.63. The van der Waals surface area contributed by atoms with Gasteiger partial charge in [0, 0.05) is 21.2 Å². The second-order valence-corrected chi connectivity index (χ2v) is 6.62. The van der Waals surface area contributed by atoms with Crippen molar-refractivity contribution in [3.8, 4) is 40.0 Å². The minimum Gasteiger partial charge on any atom is -0.496 e. The second kappa shape index (κ2) is 8.11. The molecular formula is C21H18BrN3O2. The number of pyridine rings is 1. The van der Waals surface area contributed by atoms with E-state index in [1.54, 1.807) is 7.11 Å². The van der Waals surface area contributed by atoms with Crippen molar-refractivity contribution in [1.29, 1.82) is 5.26 Å². The van der Waals surface area contributed by atoms with Crippen LogP contribution in [0.1, 0.15) is 12.5 Å². The van der Waals surface area contributed by atoms with E-state index in [1.807, 2.05) is 55.5 Å². The SMILES string of the molecule is CCOc1ccc(Br)cc1-c1cc(-c2ccccc2OC)nc(N)c1C#N. The fraction of sp³-hybridized carbons (Fsp3) is 0.143. The van der Waals surface area contributed by atoms with E-state index >= 15 is 0 Å². The van der Waals surface area contributed by atoms with Gasteiger partial charge in [0.2, 0.25) is 0 Å². The molecule has 2 N–H and O–H groups in total. The quantitative estimate of drug-likeness (QED) is 0.621. The van der Waals surface area contributed by atoms with Crippen molar-refractivity contribution in [3.05, 3.63) is 58.6 Å². The molecule has 0 aliphatic heterocycles. The molecule has 0 spiro atoms. The summed E-state index contributed by atoms with van der Waals surface area (Å²) in [5.41, 5.74) is 9.30. The maximum Gasteiger partial charge on any atom is 0.142 e. The first-order chi connectivity index (χ1) is 13.1. The van der Waals surface area contributed by atoms with Gasteiger partial charge in [0.25, 0.3) is 0 Å². The van der Waals surface area contributed by atoms with Crippen molar-refractivity contribution in [3.63, 3.8) is 0 Å². The van der Waals surface area contributed by atoms with Crippen LogP contribution in [0.4, 0.5) is 5.82 Å². The highest BCUT2D eigenvalue weighted by molar-refractivity contribution is 9.10. The minimum atomic E-state index is 0.165. The fourth-order valence-electron chi connectivity index (χ4n) is 2.88. The van der Waals surface area contributed by atoms with E-state index < -0.39 is 0 Å². The van der Waals surface area contributed by atoms with Crippen LogP contribution in [-0.2, 0) is 0 Å². The van der Waals surface area contributed by atoms with Gasteiger partial charge < -0.3 is 15.2 Å². The smallest absolute Gasteiger partial charge is 0.142 e. The molecular weight excluding hydrogens is 406 g/mol. The molecule has 0 aliphatic carbocycles. The summed E-state index contributed by atoms with van der Waals surface area (Å²) in [6.07, 6.45) is 0. The molecule has 5 nitrogen and oxygen atoms in total. The summed E-state index contributed by atoms with van der Waals surface area (Å²) in [5.74, 6) is 1.52. The van der Waals surface area contributed by atoms with Crippen LogP contribution in [0.2, 0.25) is 0 Å². The van der Waals surface area contributed by atoms with Gasteiger partial charge >= 0.3 is 0 Å². The number of nitrogens with zero attached hydrogens (tertiary/aromatic N) is 2. The molecule has 1 aromatic heterocycles. The van der Waals surface area contributed by atoms with Crippen LogP contribution in [0.5, 0.6) is 11.5 Å². The van der Waals surface area contributed by atoms with Crippen LogP contribution in [0.15, 0.2) is 53.0 Å². The zero-order chi connectivity index (χ0) is 19.4. The van der Waals surface area contributed by atoms with Gasteiger partial charge in [0.15, 0.2) is 0 Å². The first kappa shape index (κ1) is 18.7. The summed E-state index contributed by atoms with van der Waals surface area (Å²) in [5, 5.41) is 9.67. The highest BCUT2D eigenvalue weighted by atomic mass is 79.9. The average Bonchev–Trinajstić information content (AvgIpc) is 2.68. The zero-order valence-corrected chi connectivity index (χ0v) is 16.6. The van der Waals surface area contributed by atoms with E-state index in [4.69, 9.17) is 15.2 Å². The molecule has 0 aliphatic rings. The van der Waals surface area contributed by atoms with Crippen LogP contribution in [-0.4, -0.2) is 18.7 Å². The first-order valence-electron chi connectivity index (χ1n) is 8.35. The predicted molar refractivity (Wildman–Crippen MR) is 110 cm³/mol. The molecule has 136 valence electrons. The Labute approximate surface area is 166 Å². The topological polar surface area (TPSA) is 81.2 Å². The Morgan fingerprint density at radius 2 is 1.85 bits per heavy atom. The van der Waals surface area contributed by atoms with E-state index in [2.05, 4.69) is 27.0 Å². The third kappa shape index (κ3) is 3.74. The molecule has 0 bridgehead atoms. The summed E-state index contributed by atoms with van der Waals surface area (Å²) in [4.78, 5) is 4.43. The number of rotatable bonds is 5. The number of hydrogen-bond acceptors (Lipinski definition) is 5. The largest absolute Gasteiger partial charge is 0.496 e. The predicted octanol–water partition coefficient (Wildman–Crippen LogP) is 5.04. The van der Waals surface area contributed by atoms with Gasteiger partial charge in [-0.25, -0.2) is 4.98 Å². The number of hydrogen-bond donors (Lipinski definition) is 1. The van der Waals surface area contributed by atoms with E-state index in [0.29, 0.717) is 34.9 Å². The van der Waals surface area contributed by atoms with Gasteiger partial charge in [-0.2, -0.15) is 5.26 Å². The lowest BCUT2D eigenvalue weighted by molar-refractivity contribution is 0.341. The highest BCUT2D eigenvalue weighted by Crippen LogP contribution is 2.39. The van der Waals surface area contributed by atoms with Gasteiger partial charge in [0.05, 0.1) is 19.4 Å². The summed E-state index contributed by atoms with van der Waals surface area (Å²) >= 11 is 3.49. The molecule has 27 heavy (non-hydrogen) atoms. The van der Waals surface area contributed by atoms with Gasteiger partial charge in [-0.3, -0.25) is 0 Å². The Balaban J connectivity index is 2.30. The number of aromatic nitrogens is 1. The van der Waals surface area contributed by atoms with Crippen LogP contribution in [0, 0.1) is 11.3 Å². The van der Waals surface area contributed by atoms with Crippen molar-refractivity contribution in [2.24, 2.45) is 0 Å². The maximum absolute atomic E-state index is 9.67. The third-order valence-electron chi connectivity index (χ3n) is 4.07. The van der Waals surface area contributed by atoms with Crippen molar-refractivity contribution < 1.29 is 9.47 Å². The number of ether oxygens (including phenoxy) is 2. The molecule has 0 atom stereocenters. The Bertz CT molecular complexity index is 1030. The molecule has 1 heterocycles. The number of benzene rings is 2. The summed E-state index contributed by atoms with van der Waals surface area (Å²) < 4.78 is 12.1. The number of nitriles is 1. The molecule has 3 rings (SSSR count). The van der Waals surface area contributed by atoms with Gasteiger partial charge in [0.1, 0.15) is 28.9 Å². The summed E-state index contributed by atoms with van der Waals surface area (Å²) in [6, 6.07) is 17.2. The highest BCUT2D eigenvalue weighted by Gasteiger charge is 2.18. The molecule has 6 heteroatoms. The van der Waals surface area contributed by atoms with Gasteiger partial charge in [-0.15, -0.1) is 0 Å². The third-order valence-corrected chi connectivity index (χ3v) is 4.57. The van der Waals surface area contributed by atoms with E-state index in [0.717, 1.165) is 15.6 Å². The van der Waals surface area contributed by atoms with Crippen LogP contribution >= 0.6 is 15.9 Å². The van der Waals surface area contributed by atoms with Crippen molar-refractivity contribution in [2.75, 3.05) is 19.5 Å². The van der Waals surface area contributed by atoms with Crippen LogP contribution < -0.4 is 15.2 Å². The van der Waals surface area contributed by atoms with Crippen molar-refractivity contribution >= 4 is 21.7 Å². The number of nitrogens with two attached hydrogens (primary N) is 1. The van der Waals surface area contributed by atoms with Crippen molar-refractivity contribution in [1.82, 2.24) is 4.98 Å². The minimum absolute atomic E-state index is 0.165. The number of halogens is 1. The van der Waals surface area contributed by atoms with Gasteiger partial charge in [-0.1, -0.05) is 28.1 Å². The lowest BCUT2D eigenvalue weighted by Crippen LogP contribution is -2.02. The molecule has 3 aromatic rings. The van der Waals surface area contributed by atoms with Crippen LogP contribution in [0.25, 0.3) is 22.4 Å². The maximum atomic E-state index is 9.67. The lowest BCUT2D eigenvalue weighted by Gasteiger charge is -2.15. The zero-order valence-electron chi connectivity index (χ0n) is 15.0. The van der Waals surface area contributed by atoms with E-state index in [1.165, 1.54) is 0 Å². The molecule has 0 unspecified atom stereocenters. The molecule has 0 amide bonds. The summed E-state index contributed by atoms with van der Waals surface area (Å²) in [6.45, 7) is 2.43. The number of nitrogen functional groups attached to an aromatic ring is 1. The number of para-hydroxylation sites is 1. The molecule has 0 saturated carbocycles. The van der Waals surface area contributed by atoms with Crippen LogP contribution in [0.3, 0.4) is 0 Å². The Morgan fingerprint density at radius 3 is 2.56 bits per heavy atom. The number of methoxy groups -OCH3 is 1. The lowest BCUT2D eigenvalue weighted by atomic mass is 9.97. The van der Waals surface area contributed by atoms with Gasteiger partial charge in [-0.05, 0) is 43.3 Å². The first-order valence-corrected chi connectivity index (χ1v) is 9.15. The second-order valence-electron chi connectivity index (χ2n) is 5.70. The van der Waals surface area contributed by atoms with E-state index in [9.17, 15) is 5.26 Å². The molecule has 2 aromatic carbocycles. The molecule has 0 saturated heterocycles. The molecule has 0 fully saturated rings. The summed E-state index contributed by atoms with van der Waals surface area (Å²) in [7, 11) is 1.61. The Hall–Kier alpha value is -3.04. The Morgan fingerprint density at radius 1 is 1.07 bits per heavy atom.